The van der Waals surface area contributed by atoms with Crippen LogP contribution in [0.4, 0.5) is 11.5 Å². The van der Waals surface area contributed by atoms with Crippen molar-refractivity contribution in [2.24, 2.45) is 7.05 Å². The van der Waals surface area contributed by atoms with Crippen molar-refractivity contribution in [3.05, 3.63) is 15.8 Å². The van der Waals surface area contributed by atoms with Crippen LogP contribution in [-0.4, -0.2) is 45.2 Å². The van der Waals surface area contributed by atoms with Crippen LogP contribution in [0, 0.1) is 10.1 Å². The Kier molecular flexibility index (Phi) is 4.79. The Hall–Kier alpha value is -1.67. The van der Waals surface area contributed by atoms with Crippen molar-refractivity contribution in [3.8, 4) is 0 Å². The summed E-state index contributed by atoms with van der Waals surface area (Å²) < 4.78 is 6.80. The van der Waals surface area contributed by atoms with Gasteiger partial charge >= 0.3 is 5.69 Å². The Bertz CT molecular complexity index is 509. The van der Waals surface area contributed by atoms with Gasteiger partial charge in [-0.15, -0.1) is 0 Å². The second-order valence-electron chi connectivity index (χ2n) is 5.45. The summed E-state index contributed by atoms with van der Waals surface area (Å²) in [7, 11) is 1.68. The van der Waals surface area contributed by atoms with E-state index < -0.39 is 10.5 Å². The summed E-state index contributed by atoms with van der Waals surface area (Å²) in [6, 6.07) is 0. The van der Waals surface area contributed by atoms with Gasteiger partial charge in [0.05, 0.1) is 17.1 Å². The molecule has 0 aliphatic carbocycles. The maximum Gasteiger partial charge on any atom is 0.334 e. The molecule has 118 valence electrons. The van der Waals surface area contributed by atoms with E-state index in [0.29, 0.717) is 44.0 Å². The van der Waals surface area contributed by atoms with Crippen LogP contribution < -0.4 is 5.32 Å². The molecular formula is C13H22N4O4. The van der Waals surface area contributed by atoms with Crippen LogP contribution in [-0.2, 0) is 18.2 Å². The van der Waals surface area contributed by atoms with E-state index in [2.05, 4.69) is 10.4 Å². The normalized spacial score (nSPS) is 17.7. The molecule has 2 heterocycles. The number of nitro groups is 1. The van der Waals surface area contributed by atoms with E-state index in [1.54, 1.807) is 7.05 Å². The second-order valence-corrected chi connectivity index (χ2v) is 5.45. The molecule has 21 heavy (non-hydrogen) atoms. The number of aliphatic hydroxyl groups excluding tert-OH is 1. The fourth-order valence-corrected chi connectivity index (χ4v) is 2.64. The lowest BCUT2D eigenvalue weighted by molar-refractivity contribution is -0.384. The van der Waals surface area contributed by atoms with Gasteiger partial charge in [-0.3, -0.25) is 10.1 Å². The van der Waals surface area contributed by atoms with Gasteiger partial charge in [0.15, 0.2) is 0 Å². The summed E-state index contributed by atoms with van der Waals surface area (Å²) in [5.74, 6) is 0.361. The average Bonchev–Trinajstić information content (AvgIpc) is 2.76. The SMILES string of the molecule is CCCc1nn(C)c(NC2(CO)CCOCC2)c1[N+](=O)[O-]. The molecule has 0 amide bonds. The summed E-state index contributed by atoms with van der Waals surface area (Å²) >= 11 is 0. The molecule has 2 N–H and O–H groups in total. The van der Waals surface area contributed by atoms with Gasteiger partial charge in [-0.1, -0.05) is 13.3 Å². The van der Waals surface area contributed by atoms with Gasteiger partial charge in [-0.2, -0.15) is 5.10 Å². The number of hydrogen-bond acceptors (Lipinski definition) is 6. The fraction of sp³-hybridized carbons (Fsp3) is 0.769. The highest BCUT2D eigenvalue weighted by molar-refractivity contribution is 5.61. The van der Waals surface area contributed by atoms with Crippen molar-refractivity contribution in [2.45, 2.75) is 38.1 Å². The number of aryl methyl sites for hydroxylation is 2. The van der Waals surface area contributed by atoms with E-state index in [9.17, 15) is 15.2 Å². The molecule has 0 unspecified atom stereocenters. The number of rotatable bonds is 6. The monoisotopic (exact) mass is 298 g/mol. The van der Waals surface area contributed by atoms with Crippen LogP contribution in [0.25, 0.3) is 0 Å². The first-order chi connectivity index (χ1) is 10.0. The average molecular weight is 298 g/mol. The highest BCUT2D eigenvalue weighted by atomic mass is 16.6. The smallest absolute Gasteiger partial charge is 0.334 e. The maximum atomic E-state index is 11.4. The van der Waals surface area contributed by atoms with Gasteiger partial charge in [-0.05, 0) is 19.3 Å². The lowest BCUT2D eigenvalue weighted by Gasteiger charge is -2.36. The first-order valence-corrected chi connectivity index (χ1v) is 7.20. The molecule has 0 radical (unpaired) electrons. The van der Waals surface area contributed by atoms with Crippen LogP contribution >= 0.6 is 0 Å². The Labute approximate surface area is 123 Å². The zero-order valence-corrected chi connectivity index (χ0v) is 12.5. The van der Waals surface area contributed by atoms with Crippen molar-refractivity contribution < 1.29 is 14.8 Å². The number of aliphatic hydroxyl groups is 1. The van der Waals surface area contributed by atoms with Gasteiger partial charge < -0.3 is 15.2 Å². The summed E-state index contributed by atoms with van der Waals surface area (Å²) in [5.41, 5.74) is -0.0911. The minimum absolute atomic E-state index is 0.0127. The molecule has 1 aliphatic heterocycles. The first kappa shape index (κ1) is 15.7. The molecule has 8 nitrogen and oxygen atoms in total. The second kappa shape index (κ2) is 6.40. The summed E-state index contributed by atoms with van der Waals surface area (Å²) in [4.78, 5) is 11.0. The molecule has 0 bridgehead atoms. The Morgan fingerprint density at radius 3 is 2.71 bits per heavy atom. The van der Waals surface area contributed by atoms with E-state index in [0.717, 1.165) is 6.42 Å². The van der Waals surface area contributed by atoms with E-state index in [4.69, 9.17) is 4.74 Å². The molecule has 8 heteroatoms. The lowest BCUT2D eigenvalue weighted by Crippen LogP contribution is -2.47. The molecule has 0 saturated carbocycles. The number of nitrogens with zero attached hydrogens (tertiary/aromatic N) is 3. The molecular weight excluding hydrogens is 276 g/mol. The zero-order valence-electron chi connectivity index (χ0n) is 12.5. The standard InChI is InChI=1S/C13H22N4O4/c1-3-4-10-11(17(19)20)12(16(2)15-10)14-13(9-18)5-7-21-8-6-13/h14,18H,3-9H2,1-2H3. The van der Waals surface area contributed by atoms with Gasteiger partial charge in [0, 0.05) is 20.3 Å². The molecule has 1 saturated heterocycles. The van der Waals surface area contributed by atoms with Crippen molar-refractivity contribution in [3.63, 3.8) is 0 Å². The Balaban J connectivity index is 2.36. The van der Waals surface area contributed by atoms with Gasteiger partial charge in [0.1, 0.15) is 5.69 Å². The highest BCUT2D eigenvalue weighted by Gasteiger charge is 2.36. The molecule has 1 fully saturated rings. The summed E-state index contributed by atoms with van der Waals surface area (Å²) in [5, 5.41) is 28.5. The van der Waals surface area contributed by atoms with E-state index in [1.807, 2.05) is 6.92 Å². The number of anilines is 1. The molecule has 1 aromatic rings. The molecule has 0 atom stereocenters. The van der Waals surface area contributed by atoms with Crippen LogP contribution in [0.5, 0.6) is 0 Å². The molecule has 2 rings (SSSR count). The minimum Gasteiger partial charge on any atom is -0.394 e. The molecule has 1 aliphatic rings. The topological polar surface area (TPSA) is 102 Å². The lowest BCUT2D eigenvalue weighted by atomic mass is 9.91. The molecule has 0 aromatic carbocycles. The summed E-state index contributed by atoms with van der Waals surface area (Å²) in [6.45, 7) is 2.92. The number of nitrogens with one attached hydrogen (secondary N) is 1. The van der Waals surface area contributed by atoms with Crippen molar-refractivity contribution >= 4 is 11.5 Å². The maximum absolute atomic E-state index is 11.4. The van der Waals surface area contributed by atoms with Crippen LogP contribution in [0.2, 0.25) is 0 Å². The van der Waals surface area contributed by atoms with E-state index in [1.165, 1.54) is 4.68 Å². The number of hydrogen-bond donors (Lipinski definition) is 2. The quantitative estimate of drug-likeness (QED) is 0.605. The predicted molar refractivity (Wildman–Crippen MR) is 77.3 cm³/mol. The first-order valence-electron chi connectivity index (χ1n) is 7.20. The summed E-state index contributed by atoms with van der Waals surface area (Å²) in [6.07, 6.45) is 2.56. The van der Waals surface area contributed by atoms with Crippen molar-refractivity contribution in [1.82, 2.24) is 9.78 Å². The number of aromatic nitrogens is 2. The van der Waals surface area contributed by atoms with Crippen LogP contribution in [0.3, 0.4) is 0 Å². The molecule has 0 spiro atoms. The Morgan fingerprint density at radius 2 is 2.19 bits per heavy atom. The van der Waals surface area contributed by atoms with E-state index >= 15 is 0 Å². The molecule has 1 aromatic heterocycles. The largest absolute Gasteiger partial charge is 0.394 e. The zero-order chi connectivity index (χ0) is 15.5. The predicted octanol–water partition coefficient (Wildman–Crippen LogP) is 1.23. The van der Waals surface area contributed by atoms with Crippen molar-refractivity contribution in [1.29, 1.82) is 0 Å². The van der Waals surface area contributed by atoms with Crippen molar-refractivity contribution in [2.75, 3.05) is 25.1 Å². The van der Waals surface area contributed by atoms with Crippen LogP contribution in [0.15, 0.2) is 0 Å². The third kappa shape index (κ3) is 3.16. The van der Waals surface area contributed by atoms with Gasteiger partial charge in [0.25, 0.3) is 0 Å². The minimum atomic E-state index is -0.583. The fourth-order valence-electron chi connectivity index (χ4n) is 2.64. The van der Waals surface area contributed by atoms with Crippen LogP contribution in [0.1, 0.15) is 31.9 Å². The van der Waals surface area contributed by atoms with E-state index in [-0.39, 0.29) is 12.3 Å². The Morgan fingerprint density at radius 1 is 1.52 bits per heavy atom. The third-order valence-electron chi connectivity index (χ3n) is 3.90. The van der Waals surface area contributed by atoms with Gasteiger partial charge in [-0.25, -0.2) is 4.68 Å². The highest BCUT2D eigenvalue weighted by Crippen LogP contribution is 2.34. The third-order valence-corrected chi connectivity index (χ3v) is 3.90. The van der Waals surface area contributed by atoms with Gasteiger partial charge in [0.2, 0.25) is 5.82 Å². The number of ether oxygens (including phenoxy) is 1.